The average Bonchev–Trinajstić information content (AvgIpc) is 2.73. The van der Waals surface area contributed by atoms with E-state index in [-0.39, 0.29) is 5.28 Å². The minimum absolute atomic E-state index is 0.134. The van der Waals surface area contributed by atoms with Gasteiger partial charge < -0.3 is 10.3 Å². The molecule has 0 saturated carbocycles. The van der Waals surface area contributed by atoms with Crippen molar-refractivity contribution in [1.82, 2.24) is 19.5 Å². The van der Waals surface area contributed by atoms with Gasteiger partial charge in [0.25, 0.3) is 0 Å². The van der Waals surface area contributed by atoms with Crippen LogP contribution in [0.4, 0.5) is 5.82 Å². The lowest BCUT2D eigenvalue weighted by Crippen LogP contribution is -2.01. The van der Waals surface area contributed by atoms with Gasteiger partial charge in [-0.1, -0.05) is 12.1 Å². The average molecular weight is 386 g/mol. The van der Waals surface area contributed by atoms with Crippen molar-refractivity contribution in [3.8, 4) is 0 Å². The maximum atomic E-state index is 5.84. The van der Waals surface area contributed by atoms with Crippen LogP contribution >= 0.6 is 34.2 Å². The number of anilines is 1. The molecule has 3 aromatic rings. The number of benzene rings is 1. The van der Waals surface area contributed by atoms with Gasteiger partial charge in [-0.25, -0.2) is 4.98 Å². The van der Waals surface area contributed by atoms with Gasteiger partial charge in [0, 0.05) is 3.57 Å². The number of imidazole rings is 1. The number of nitrogen functional groups attached to an aromatic ring is 1. The normalized spacial score (nSPS) is 11.1. The molecule has 0 fully saturated rings. The number of hydrogen-bond acceptors (Lipinski definition) is 4. The fourth-order valence-corrected chi connectivity index (χ4v) is 2.66. The first kappa shape index (κ1) is 12.6. The maximum absolute atomic E-state index is 5.84. The molecule has 2 aromatic heterocycles. The Balaban J connectivity index is 2.06. The van der Waals surface area contributed by atoms with Gasteiger partial charge in [0.15, 0.2) is 11.5 Å². The molecule has 0 bridgehead atoms. The first-order valence-corrected chi connectivity index (χ1v) is 6.97. The molecule has 0 aliphatic rings. The second-order valence-corrected chi connectivity index (χ2v) is 5.64. The summed E-state index contributed by atoms with van der Waals surface area (Å²) < 4.78 is 3.09. The number of fused-ring (bicyclic) bond motifs is 1. The summed E-state index contributed by atoms with van der Waals surface area (Å²) in [5.74, 6) is 0.302. The fourth-order valence-electron chi connectivity index (χ4n) is 1.89. The zero-order valence-corrected chi connectivity index (χ0v) is 12.6. The Kier molecular flexibility index (Phi) is 3.28. The van der Waals surface area contributed by atoms with E-state index in [4.69, 9.17) is 17.3 Å². The molecule has 5 nitrogen and oxygen atoms in total. The highest BCUT2D eigenvalue weighted by atomic mass is 127. The Morgan fingerprint density at radius 2 is 2.16 bits per heavy atom. The van der Waals surface area contributed by atoms with Gasteiger partial charge in [-0.05, 0) is 51.9 Å². The molecule has 0 amide bonds. The molecular formula is C12H9ClIN5. The summed E-state index contributed by atoms with van der Waals surface area (Å²) in [6.45, 7) is 0.667. The van der Waals surface area contributed by atoms with Crippen LogP contribution in [0, 0.1) is 3.57 Å². The fraction of sp³-hybridized carbons (Fsp3) is 0.0833. The van der Waals surface area contributed by atoms with Crippen LogP contribution in [-0.2, 0) is 6.54 Å². The molecule has 0 saturated heterocycles. The highest BCUT2D eigenvalue weighted by molar-refractivity contribution is 14.1. The van der Waals surface area contributed by atoms with E-state index in [1.807, 2.05) is 16.7 Å². The van der Waals surface area contributed by atoms with E-state index in [1.165, 1.54) is 9.13 Å². The molecular weight excluding hydrogens is 377 g/mol. The Morgan fingerprint density at radius 3 is 2.95 bits per heavy atom. The van der Waals surface area contributed by atoms with Gasteiger partial charge in [0.05, 0.1) is 12.9 Å². The first-order chi connectivity index (χ1) is 9.13. The number of aromatic nitrogens is 4. The van der Waals surface area contributed by atoms with E-state index in [2.05, 4.69) is 49.7 Å². The van der Waals surface area contributed by atoms with Crippen molar-refractivity contribution in [1.29, 1.82) is 0 Å². The third-order valence-electron chi connectivity index (χ3n) is 2.71. The van der Waals surface area contributed by atoms with Crippen molar-refractivity contribution in [2.75, 3.05) is 5.73 Å². The quantitative estimate of drug-likeness (QED) is 0.544. The van der Waals surface area contributed by atoms with E-state index < -0.39 is 0 Å². The molecule has 2 N–H and O–H groups in total. The molecule has 0 radical (unpaired) electrons. The largest absolute Gasteiger partial charge is 0.382 e. The van der Waals surface area contributed by atoms with Gasteiger partial charge in [0.1, 0.15) is 5.52 Å². The van der Waals surface area contributed by atoms with Crippen LogP contribution in [0.5, 0.6) is 0 Å². The van der Waals surface area contributed by atoms with E-state index in [9.17, 15) is 0 Å². The zero-order chi connectivity index (χ0) is 13.4. The van der Waals surface area contributed by atoms with Gasteiger partial charge in [-0.15, -0.1) is 0 Å². The van der Waals surface area contributed by atoms with Crippen LogP contribution in [-0.4, -0.2) is 19.5 Å². The Hall–Kier alpha value is -1.41. The number of nitrogens with zero attached hydrogens (tertiary/aromatic N) is 4. The number of rotatable bonds is 2. The number of halogens is 2. The Labute approximate surface area is 128 Å². The predicted octanol–water partition coefficient (Wildman–Crippen LogP) is 2.71. The topological polar surface area (TPSA) is 69.6 Å². The van der Waals surface area contributed by atoms with Crippen LogP contribution in [0.3, 0.4) is 0 Å². The second-order valence-electron chi connectivity index (χ2n) is 4.05. The Bertz CT molecular complexity index is 755. The minimum atomic E-state index is 0.134. The van der Waals surface area contributed by atoms with Crippen LogP contribution in [0.25, 0.3) is 11.2 Å². The van der Waals surface area contributed by atoms with E-state index in [1.54, 1.807) is 6.33 Å². The minimum Gasteiger partial charge on any atom is -0.382 e. The summed E-state index contributed by atoms with van der Waals surface area (Å²) in [4.78, 5) is 12.3. The van der Waals surface area contributed by atoms with Crippen molar-refractivity contribution in [3.05, 3.63) is 45.0 Å². The highest BCUT2D eigenvalue weighted by Crippen LogP contribution is 2.19. The molecule has 0 spiro atoms. The monoisotopic (exact) mass is 385 g/mol. The molecule has 0 atom stereocenters. The van der Waals surface area contributed by atoms with Crippen molar-refractivity contribution in [3.63, 3.8) is 0 Å². The molecule has 19 heavy (non-hydrogen) atoms. The lowest BCUT2D eigenvalue weighted by molar-refractivity contribution is 0.812. The lowest BCUT2D eigenvalue weighted by Gasteiger charge is -2.05. The van der Waals surface area contributed by atoms with Crippen molar-refractivity contribution >= 4 is 51.2 Å². The zero-order valence-electron chi connectivity index (χ0n) is 9.72. The Morgan fingerprint density at radius 1 is 1.32 bits per heavy atom. The third-order valence-corrected chi connectivity index (χ3v) is 3.55. The predicted molar refractivity (Wildman–Crippen MR) is 83.0 cm³/mol. The van der Waals surface area contributed by atoms with Crippen LogP contribution in [0.1, 0.15) is 5.56 Å². The van der Waals surface area contributed by atoms with Gasteiger partial charge in [0.2, 0.25) is 5.28 Å². The summed E-state index contributed by atoms with van der Waals surface area (Å²) in [5, 5.41) is 0.134. The van der Waals surface area contributed by atoms with Crippen LogP contribution in [0.15, 0.2) is 30.6 Å². The molecule has 7 heteroatoms. The summed E-state index contributed by atoms with van der Waals surface area (Å²) >= 11 is 8.12. The lowest BCUT2D eigenvalue weighted by atomic mass is 10.2. The van der Waals surface area contributed by atoms with Crippen LogP contribution < -0.4 is 5.73 Å². The summed E-state index contributed by atoms with van der Waals surface area (Å²) in [6.07, 6.45) is 1.70. The van der Waals surface area contributed by atoms with Gasteiger partial charge >= 0.3 is 0 Å². The molecule has 2 heterocycles. The summed E-state index contributed by atoms with van der Waals surface area (Å²) in [6, 6.07) is 8.23. The molecule has 0 aliphatic carbocycles. The van der Waals surface area contributed by atoms with E-state index >= 15 is 0 Å². The van der Waals surface area contributed by atoms with Crippen molar-refractivity contribution < 1.29 is 0 Å². The van der Waals surface area contributed by atoms with Crippen LogP contribution in [0.2, 0.25) is 5.28 Å². The maximum Gasteiger partial charge on any atom is 0.226 e. The van der Waals surface area contributed by atoms with E-state index in [0.717, 1.165) is 0 Å². The van der Waals surface area contributed by atoms with Gasteiger partial charge in [-0.3, -0.25) is 0 Å². The van der Waals surface area contributed by atoms with E-state index in [0.29, 0.717) is 23.5 Å². The molecule has 96 valence electrons. The molecule has 0 unspecified atom stereocenters. The smallest absolute Gasteiger partial charge is 0.226 e. The second kappa shape index (κ2) is 4.93. The summed E-state index contributed by atoms with van der Waals surface area (Å²) in [7, 11) is 0. The number of hydrogen-bond donors (Lipinski definition) is 1. The molecule has 0 aliphatic heterocycles. The standard InChI is InChI=1S/C12H9ClIN5/c13-12-17-10(15)9-11(18-12)19(6-16-9)5-7-2-1-3-8(14)4-7/h1-4,6H,5H2,(H2,15,17,18). The molecule has 3 rings (SSSR count). The molecule has 1 aromatic carbocycles. The SMILES string of the molecule is Nc1nc(Cl)nc2c1ncn2Cc1cccc(I)c1. The highest BCUT2D eigenvalue weighted by Gasteiger charge is 2.10. The third kappa shape index (κ3) is 2.50. The van der Waals surface area contributed by atoms with Crippen molar-refractivity contribution in [2.45, 2.75) is 6.54 Å². The summed E-state index contributed by atoms with van der Waals surface area (Å²) in [5.41, 5.74) is 8.17. The first-order valence-electron chi connectivity index (χ1n) is 5.52. The van der Waals surface area contributed by atoms with Crippen molar-refractivity contribution in [2.24, 2.45) is 0 Å². The number of nitrogens with two attached hydrogens (primary N) is 1. The van der Waals surface area contributed by atoms with Gasteiger partial charge in [-0.2, -0.15) is 9.97 Å².